The first-order valence-electron chi connectivity index (χ1n) is 21.0. The van der Waals surface area contributed by atoms with Crippen LogP contribution in [0.15, 0.2) is 67.1 Å². The number of hydrogen-bond acceptors (Lipinski definition) is 12. The van der Waals surface area contributed by atoms with E-state index >= 15 is 0 Å². The lowest BCUT2D eigenvalue weighted by molar-refractivity contribution is -0.130. The summed E-state index contributed by atoms with van der Waals surface area (Å²) in [4.78, 5) is 51.4. The largest absolute Gasteiger partial charge is 0.486 e. The maximum absolute atomic E-state index is 13.7. The Kier molecular flexibility index (Phi) is 10.6. The van der Waals surface area contributed by atoms with E-state index in [1.807, 2.05) is 55.5 Å². The average Bonchev–Trinajstić information content (AvgIpc) is 3.82. The van der Waals surface area contributed by atoms with Gasteiger partial charge in [-0.2, -0.15) is 10.2 Å². The molecule has 18 nitrogen and oxygen atoms in total. The van der Waals surface area contributed by atoms with Gasteiger partial charge in [0.25, 0.3) is 0 Å². The Morgan fingerprint density at radius 1 is 0.969 bits per heavy atom. The summed E-state index contributed by atoms with van der Waals surface area (Å²) in [5.41, 5.74) is 4.44. The van der Waals surface area contributed by atoms with Crippen molar-refractivity contribution in [2.45, 2.75) is 37.5 Å². The van der Waals surface area contributed by atoms with Crippen LogP contribution in [0.4, 0.5) is 22.1 Å². The number of imide groups is 1. The summed E-state index contributed by atoms with van der Waals surface area (Å²) in [6.45, 7) is 5.27. The Hall–Kier alpha value is -6.02. The van der Waals surface area contributed by atoms with E-state index in [4.69, 9.17) is 32.9 Å². The minimum absolute atomic E-state index is 0.0450. The van der Waals surface area contributed by atoms with Gasteiger partial charge >= 0.3 is 6.03 Å². The molecule has 0 radical (unpaired) electrons. The summed E-state index contributed by atoms with van der Waals surface area (Å²) in [7, 11) is -1.75. The van der Waals surface area contributed by atoms with Crippen molar-refractivity contribution >= 4 is 90.2 Å². The van der Waals surface area contributed by atoms with Gasteiger partial charge in [-0.05, 0) is 68.3 Å². The summed E-state index contributed by atoms with van der Waals surface area (Å²) in [6, 6.07) is 14.7. The van der Waals surface area contributed by atoms with Crippen molar-refractivity contribution in [3.63, 3.8) is 0 Å². The van der Waals surface area contributed by atoms with Crippen LogP contribution in [0, 0.1) is 5.41 Å². The van der Waals surface area contributed by atoms with Crippen LogP contribution in [0.25, 0.3) is 33.1 Å². The van der Waals surface area contributed by atoms with E-state index in [9.17, 15) is 22.8 Å². The SMILES string of the molecule is C[C@@H](Oc1ccc2[nH]nc(-c3ccc(N4CC5(C4)CN(S(=O)(=O)C4CCN(C(=O)CNc6ccc7c(N8CCC(=O)NC8=O)nn(C)c7c6)CC4)C5)nc3)c2c1)c1c(Cl)cncc1Cl. The van der Waals surface area contributed by atoms with Crippen molar-refractivity contribution in [3.8, 4) is 17.0 Å². The van der Waals surface area contributed by atoms with Crippen LogP contribution in [0.1, 0.15) is 37.9 Å². The molecule has 2 aromatic carbocycles. The summed E-state index contributed by atoms with van der Waals surface area (Å²) >= 11 is 12.7. The molecule has 8 heterocycles. The summed E-state index contributed by atoms with van der Waals surface area (Å²) < 4.78 is 36.9. The second-order valence-electron chi connectivity index (χ2n) is 17.0. The Morgan fingerprint density at radius 3 is 2.45 bits per heavy atom. The zero-order valence-corrected chi connectivity index (χ0v) is 37.3. The molecule has 21 heteroatoms. The van der Waals surface area contributed by atoms with Gasteiger partial charge in [0, 0.05) is 111 Å². The zero-order chi connectivity index (χ0) is 44.5. The Bertz CT molecular complexity index is 2920. The molecule has 4 amide bonds. The molecular formula is C43H44Cl2N12O6S. The van der Waals surface area contributed by atoms with E-state index in [0.29, 0.717) is 85.0 Å². The molecule has 4 saturated heterocycles. The molecule has 332 valence electrons. The number of nitrogens with zero attached hydrogens (tertiary/aromatic N) is 9. The number of urea groups is 1. The number of pyridine rings is 2. The highest BCUT2D eigenvalue weighted by Gasteiger charge is 2.56. The number of nitrogens with one attached hydrogen (secondary N) is 3. The number of H-pyrrole nitrogens is 1. The van der Waals surface area contributed by atoms with E-state index in [2.05, 4.69) is 35.8 Å². The fourth-order valence-corrected chi connectivity index (χ4v) is 12.1. The van der Waals surface area contributed by atoms with Crippen molar-refractivity contribution in [2.24, 2.45) is 12.5 Å². The summed E-state index contributed by atoms with van der Waals surface area (Å²) in [5.74, 6) is 1.48. The number of aromatic amines is 1. The van der Waals surface area contributed by atoms with Gasteiger partial charge in [0.1, 0.15) is 23.4 Å². The maximum atomic E-state index is 13.7. The number of amides is 4. The van der Waals surface area contributed by atoms with Crippen LogP contribution in [0.3, 0.4) is 0 Å². The third-order valence-corrected chi connectivity index (χ3v) is 15.6. The topological polar surface area (TPSA) is 204 Å². The van der Waals surface area contributed by atoms with Gasteiger partial charge in [-0.3, -0.25) is 34.6 Å². The van der Waals surface area contributed by atoms with Gasteiger partial charge in [-0.1, -0.05) is 23.2 Å². The highest BCUT2D eigenvalue weighted by molar-refractivity contribution is 7.89. The Balaban J connectivity index is 0.693. The minimum atomic E-state index is -3.51. The van der Waals surface area contributed by atoms with Crippen molar-refractivity contribution in [1.29, 1.82) is 0 Å². The fourth-order valence-electron chi connectivity index (χ4n) is 9.30. The molecule has 0 unspecified atom stereocenters. The third-order valence-electron chi connectivity index (χ3n) is 12.7. The maximum Gasteiger partial charge on any atom is 0.329 e. The van der Waals surface area contributed by atoms with Crippen molar-refractivity contribution in [3.05, 3.63) is 82.7 Å². The summed E-state index contributed by atoms with van der Waals surface area (Å²) in [6.07, 6.45) is 5.42. The van der Waals surface area contributed by atoms with E-state index in [1.54, 1.807) is 39.5 Å². The first-order chi connectivity index (χ1) is 30.7. The molecule has 4 fully saturated rings. The zero-order valence-electron chi connectivity index (χ0n) is 34.9. The van der Waals surface area contributed by atoms with Gasteiger partial charge in [-0.15, -0.1) is 0 Å². The van der Waals surface area contributed by atoms with Crippen LogP contribution in [0.2, 0.25) is 10.0 Å². The smallest absolute Gasteiger partial charge is 0.329 e. The number of likely N-dealkylation sites (tertiary alicyclic amines) is 1. The molecule has 4 aliphatic rings. The van der Waals surface area contributed by atoms with E-state index in [1.165, 1.54) is 4.90 Å². The number of halogens is 2. The van der Waals surface area contributed by atoms with Crippen LogP contribution in [0.5, 0.6) is 5.75 Å². The Labute approximate surface area is 377 Å². The number of carbonyl (C=O) groups excluding carboxylic acids is 3. The molecule has 3 N–H and O–H groups in total. The lowest BCUT2D eigenvalue weighted by Gasteiger charge is -2.60. The predicted molar refractivity (Wildman–Crippen MR) is 242 cm³/mol. The summed E-state index contributed by atoms with van der Waals surface area (Å²) in [5, 5.41) is 19.6. The second-order valence-corrected chi connectivity index (χ2v) is 20.0. The molecule has 1 atom stereocenters. The van der Waals surface area contributed by atoms with Crippen molar-refractivity contribution in [1.82, 2.24) is 44.5 Å². The van der Waals surface area contributed by atoms with Crippen LogP contribution >= 0.6 is 23.2 Å². The molecular weight excluding hydrogens is 884 g/mol. The fraction of sp³-hybridized carbons (Fsp3) is 0.372. The second kappa shape index (κ2) is 16.2. The number of aryl methyl sites for hydroxylation is 1. The van der Waals surface area contributed by atoms with Gasteiger partial charge in [0.05, 0.1) is 32.9 Å². The average molecular weight is 928 g/mol. The number of fused-ring (bicyclic) bond motifs is 2. The standard InChI is InChI=1S/C43H44Cl2N12O6S/c1-25(39-32(44)18-46-19-33(39)45)63-28-5-7-34-31(16-28)40(51-50-34)26-3-8-36(48-17-26)55-21-43(22-55)23-56(24-43)64(61,62)29-9-12-54(13-10-29)38(59)20-47-27-4-6-30-35(15-27)53(2)52-41(30)57-14-11-37(58)49-42(57)60/h3-8,15-19,25,29,47H,9-14,20-24H2,1-2H3,(H,50,51)(H,49,58,60)/t25-/m1/s1. The molecule has 0 aliphatic carbocycles. The molecule has 6 aromatic rings. The molecule has 0 bridgehead atoms. The first kappa shape index (κ1) is 42.0. The number of piperidine rings is 1. The molecule has 4 aromatic heterocycles. The number of sulfonamides is 1. The van der Waals surface area contributed by atoms with E-state index in [0.717, 1.165) is 38.9 Å². The molecule has 10 rings (SSSR count). The highest BCUT2D eigenvalue weighted by Crippen LogP contribution is 2.44. The van der Waals surface area contributed by atoms with Gasteiger partial charge in [0.15, 0.2) is 5.82 Å². The van der Waals surface area contributed by atoms with Crippen LogP contribution < -0.4 is 25.2 Å². The molecule has 64 heavy (non-hydrogen) atoms. The van der Waals surface area contributed by atoms with E-state index in [-0.39, 0.29) is 36.7 Å². The molecule has 0 saturated carbocycles. The minimum Gasteiger partial charge on any atom is -0.486 e. The lowest BCUT2D eigenvalue weighted by atomic mass is 9.74. The predicted octanol–water partition coefficient (Wildman–Crippen LogP) is 5.35. The molecule has 1 spiro atoms. The monoisotopic (exact) mass is 926 g/mol. The number of ether oxygens (including phenoxy) is 1. The number of aromatic nitrogens is 6. The van der Waals surface area contributed by atoms with Crippen molar-refractivity contribution < 1.29 is 27.5 Å². The normalized spacial score (nSPS) is 18.6. The van der Waals surface area contributed by atoms with Gasteiger partial charge in [0.2, 0.25) is 21.8 Å². The number of carbonyl (C=O) groups is 3. The van der Waals surface area contributed by atoms with Gasteiger partial charge in [-0.25, -0.2) is 22.5 Å². The molecule has 4 aliphatic heterocycles. The lowest BCUT2D eigenvalue weighted by Crippen LogP contribution is -2.73. The van der Waals surface area contributed by atoms with E-state index < -0.39 is 27.4 Å². The number of hydrogen-bond donors (Lipinski definition) is 3. The quantitative estimate of drug-likeness (QED) is 0.151. The van der Waals surface area contributed by atoms with Crippen molar-refractivity contribution in [2.75, 3.05) is 67.5 Å². The van der Waals surface area contributed by atoms with Gasteiger partial charge < -0.3 is 19.9 Å². The Morgan fingerprint density at radius 2 is 1.73 bits per heavy atom. The number of benzene rings is 2. The van der Waals surface area contributed by atoms with Crippen LogP contribution in [-0.4, -0.2) is 123 Å². The highest BCUT2D eigenvalue weighted by atomic mass is 35.5. The first-order valence-corrected chi connectivity index (χ1v) is 23.2. The third kappa shape index (κ3) is 7.62. The van der Waals surface area contributed by atoms with Crippen LogP contribution in [-0.2, 0) is 26.7 Å². The number of rotatable bonds is 11. The number of anilines is 3.